The molecule has 120 valence electrons. The van der Waals surface area contributed by atoms with Crippen LogP contribution in [-0.2, 0) is 4.79 Å². The number of benzene rings is 1. The van der Waals surface area contributed by atoms with Crippen LogP contribution >= 0.6 is 0 Å². The molecule has 1 aromatic rings. The van der Waals surface area contributed by atoms with E-state index in [2.05, 4.69) is 17.6 Å². The molecule has 0 heterocycles. The lowest BCUT2D eigenvalue weighted by atomic mass is 9.86. The zero-order valence-electron chi connectivity index (χ0n) is 13.3. The molecular formula is C17H25N3O2. The third-order valence-corrected chi connectivity index (χ3v) is 4.40. The van der Waals surface area contributed by atoms with Crippen molar-refractivity contribution >= 4 is 17.5 Å². The van der Waals surface area contributed by atoms with Gasteiger partial charge in [-0.25, -0.2) is 0 Å². The maximum absolute atomic E-state index is 12.0. The molecule has 2 atom stereocenters. The van der Waals surface area contributed by atoms with Gasteiger partial charge in [0.25, 0.3) is 0 Å². The molecule has 0 aliphatic heterocycles. The van der Waals surface area contributed by atoms with Gasteiger partial charge < -0.3 is 16.4 Å². The Labute approximate surface area is 131 Å². The average molecular weight is 303 g/mol. The first-order valence-corrected chi connectivity index (χ1v) is 7.91. The third kappa shape index (κ3) is 4.23. The summed E-state index contributed by atoms with van der Waals surface area (Å²) in [5.41, 5.74) is 7.40. The van der Waals surface area contributed by atoms with E-state index in [1.807, 2.05) is 13.0 Å². The summed E-state index contributed by atoms with van der Waals surface area (Å²) in [4.78, 5) is 23.2. The molecule has 1 aromatic carbocycles. The van der Waals surface area contributed by atoms with E-state index in [1.165, 1.54) is 19.3 Å². The Hall–Kier alpha value is -2.04. The lowest BCUT2D eigenvalue weighted by molar-refractivity contribution is -0.120. The molecule has 4 N–H and O–H groups in total. The highest BCUT2D eigenvalue weighted by Gasteiger charge is 2.22. The van der Waals surface area contributed by atoms with Crippen LogP contribution in [-0.4, -0.2) is 24.4 Å². The molecule has 1 aliphatic rings. The minimum Gasteiger partial charge on any atom is -0.376 e. The molecule has 0 radical (unpaired) electrons. The van der Waals surface area contributed by atoms with Gasteiger partial charge in [0, 0.05) is 17.3 Å². The number of rotatable bonds is 5. The van der Waals surface area contributed by atoms with E-state index in [0.717, 1.165) is 17.7 Å². The average Bonchev–Trinajstić information content (AvgIpc) is 2.47. The van der Waals surface area contributed by atoms with Crippen LogP contribution in [0.2, 0.25) is 0 Å². The number of carbonyl (C=O) groups excluding carboxylic acids is 2. The Morgan fingerprint density at radius 3 is 2.64 bits per heavy atom. The number of anilines is 1. The molecular weight excluding hydrogens is 278 g/mol. The van der Waals surface area contributed by atoms with Crippen LogP contribution in [0, 0.1) is 12.8 Å². The van der Waals surface area contributed by atoms with Crippen LogP contribution in [0.4, 0.5) is 5.69 Å². The van der Waals surface area contributed by atoms with Gasteiger partial charge in [-0.3, -0.25) is 9.59 Å². The zero-order valence-corrected chi connectivity index (χ0v) is 13.3. The number of primary amides is 1. The normalized spacial score (nSPS) is 21.2. The maximum atomic E-state index is 12.0. The molecule has 0 aromatic heterocycles. The highest BCUT2D eigenvalue weighted by Crippen LogP contribution is 2.23. The number of hydrogen-bond acceptors (Lipinski definition) is 3. The Balaban J connectivity index is 1.85. The van der Waals surface area contributed by atoms with Crippen molar-refractivity contribution in [3.8, 4) is 0 Å². The number of carbonyl (C=O) groups is 2. The van der Waals surface area contributed by atoms with E-state index in [1.54, 1.807) is 12.1 Å². The van der Waals surface area contributed by atoms with Crippen LogP contribution in [0.3, 0.4) is 0 Å². The van der Waals surface area contributed by atoms with E-state index in [4.69, 9.17) is 5.73 Å². The van der Waals surface area contributed by atoms with E-state index in [9.17, 15) is 9.59 Å². The van der Waals surface area contributed by atoms with Gasteiger partial charge in [-0.1, -0.05) is 19.8 Å². The Bertz CT molecular complexity index is 557. The molecule has 1 fully saturated rings. The quantitative estimate of drug-likeness (QED) is 0.779. The molecule has 5 nitrogen and oxygen atoms in total. The molecule has 2 rings (SSSR count). The van der Waals surface area contributed by atoms with Crippen molar-refractivity contribution < 1.29 is 9.59 Å². The SMILES string of the molecule is Cc1cc(NCC(=O)N[C@@H]2CCCC[C@H]2C)ccc1C(N)=O. The molecule has 22 heavy (non-hydrogen) atoms. The second-order valence-corrected chi connectivity index (χ2v) is 6.18. The van der Waals surface area contributed by atoms with Crippen LogP contribution in [0.5, 0.6) is 0 Å². The summed E-state index contributed by atoms with van der Waals surface area (Å²) in [6.45, 7) is 4.26. The van der Waals surface area contributed by atoms with E-state index >= 15 is 0 Å². The Morgan fingerprint density at radius 1 is 1.27 bits per heavy atom. The van der Waals surface area contributed by atoms with Gasteiger partial charge in [-0.05, 0) is 49.4 Å². The van der Waals surface area contributed by atoms with Crippen LogP contribution in [0.25, 0.3) is 0 Å². The lowest BCUT2D eigenvalue weighted by Gasteiger charge is -2.29. The van der Waals surface area contributed by atoms with Gasteiger partial charge in [0.1, 0.15) is 0 Å². The monoisotopic (exact) mass is 303 g/mol. The molecule has 1 saturated carbocycles. The van der Waals surface area contributed by atoms with Crippen LogP contribution in [0.1, 0.15) is 48.5 Å². The largest absolute Gasteiger partial charge is 0.376 e. The molecule has 0 saturated heterocycles. The number of hydrogen-bond donors (Lipinski definition) is 3. The molecule has 2 amide bonds. The first-order chi connectivity index (χ1) is 10.5. The first-order valence-electron chi connectivity index (χ1n) is 7.91. The second-order valence-electron chi connectivity index (χ2n) is 6.18. The molecule has 5 heteroatoms. The predicted molar refractivity (Wildman–Crippen MR) is 87.7 cm³/mol. The topological polar surface area (TPSA) is 84.2 Å². The summed E-state index contributed by atoms with van der Waals surface area (Å²) in [7, 11) is 0. The van der Waals surface area contributed by atoms with Crippen LogP contribution < -0.4 is 16.4 Å². The van der Waals surface area contributed by atoms with E-state index < -0.39 is 5.91 Å². The van der Waals surface area contributed by atoms with E-state index in [-0.39, 0.29) is 12.5 Å². The fourth-order valence-electron chi connectivity index (χ4n) is 3.02. The van der Waals surface area contributed by atoms with Crippen molar-refractivity contribution in [2.45, 2.75) is 45.6 Å². The van der Waals surface area contributed by atoms with Crippen molar-refractivity contribution in [2.24, 2.45) is 11.7 Å². The standard InChI is InChI=1S/C17H25N3O2/c1-11-5-3-4-6-15(11)20-16(21)10-19-13-7-8-14(17(18)22)12(2)9-13/h7-9,11,15,19H,3-6,10H2,1-2H3,(H2,18,22)(H,20,21)/t11-,15-/m1/s1. The smallest absolute Gasteiger partial charge is 0.248 e. The summed E-state index contributed by atoms with van der Waals surface area (Å²) < 4.78 is 0. The summed E-state index contributed by atoms with van der Waals surface area (Å²) in [6.07, 6.45) is 4.71. The minimum absolute atomic E-state index is 0.00961. The summed E-state index contributed by atoms with van der Waals surface area (Å²) in [5.74, 6) is 0.123. The molecule has 1 aliphatic carbocycles. The summed E-state index contributed by atoms with van der Waals surface area (Å²) in [5, 5.41) is 6.20. The third-order valence-electron chi connectivity index (χ3n) is 4.40. The fraction of sp³-hybridized carbons (Fsp3) is 0.529. The molecule has 0 spiro atoms. The zero-order chi connectivity index (χ0) is 16.1. The van der Waals surface area contributed by atoms with Crippen molar-refractivity contribution in [2.75, 3.05) is 11.9 Å². The number of aryl methyl sites for hydroxylation is 1. The number of amides is 2. The van der Waals surface area contributed by atoms with Crippen molar-refractivity contribution in [1.82, 2.24) is 5.32 Å². The van der Waals surface area contributed by atoms with Crippen molar-refractivity contribution in [3.05, 3.63) is 29.3 Å². The highest BCUT2D eigenvalue weighted by molar-refractivity contribution is 5.94. The lowest BCUT2D eigenvalue weighted by Crippen LogP contribution is -2.43. The molecule has 0 bridgehead atoms. The number of nitrogens with two attached hydrogens (primary N) is 1. The van der Waals surface area contributed by atoms with E-state index in [0.29, 0.717) is 17.5 Å². The fourth-order valence-corrected chi connectivity index (χ4v) is 3.02. The summed E-state index contributed by atoms with van der Waals surface area (Å²) >= 11 is 0. The van der Waals surface area contributed by atoms with Gasteiger partial charge in [0.05, 0.1) is 6.54 Å². The predicted octanol–water partition coefficient (Wildman–Crippen LogP) is 2.20. The summed E-state index contributed by atoms with van der Waals surface area (Å²) in [6, 6.07) is 5.57. The van der Waals surface area contributed by atoms with Gasteiger partial charge in [0.15, 0.2) is 0 Å². The van der Waals surface area contributed by atoms with Gasteiger partial charge >= 0.3 is 0 Å². The second kappa shape index (κ2) is 7.29. The minimum atomic E-state index is -0.437. The Morgan fingerprint density at radius 2 is 2.00 bits per heavy atom. The van der Waals surface area contributed by atoms with Crippen molar-refractivity contribution in [1.29, 1.82) is 0 Å². The Kier molecular flexibility index (Phi) is 5.41. The van der Waals surface area contributed by atoms with Gasteiger partial charge in [-0.15, -0.1) is 0 Å². The maximum Gasteiger partial charge on any atom is 0.248 e. The van der Waals surface area contributed by atoms with Crippen molar-refractivity contribution in [3.63, 3.8) is 0 Å². The first kappa shape index (κ1) is 16.3. The van der Waals surface area contributed by atoms with Gasteiger partial charge in [0.2, 0.25) is 11.8 Å². The van der Waals surface area contributed by atoms with Crippen LogP contribution in [0.15, 0.2) is 18.2 Å². The highest BCUT2D eigenvalue weighted by atomic mass is 16.2. The van der Waals surface area contributed by atoms with Gasteiger partial charge in [-0.2, -0.15) is 0 Å². The molecule has 0 unspecified atom stereocenters. The number of nitrogens with one attached hydrogen (secondary N) is 2.